The Morgan fingerprint density at radius 3 is 0.670 bits per heavy atom. The number of phosphoric ester groups is 2. The van der Waals surface area contributed by atoms with Crippen LogP contribution in [0, 0.1) is 0 Å². The molecule has 0 aliphatic rings. The number of ether oxygens (including phenoxy) is 4. The van der Waals surface area contributed by atoms with Gasteiger partial charge in [0.05, 0.1) is 26.4 Å². The molecule has 0 fully saturated rings. The van der Waals surface area contributed by atoms with Gasteiger partial charge in [0.2, 0.25) is 0 Å². The van der Waals surface area contributed by atoms with Crippen molar-refractivity contribution < 1.29 is 80.2 Å². The summed E-state index contributed by atoms with van der Waals surface area (Å²) in [6.07, 6.45) is 52.1. The number of esters is 4. The number of carbonyl (C=O) groups excluding carboxylic acids is 4. The zero-order valence-electron chi connectivity index (χ0n) is 56.7. The van der Waals surface area contributed by atoms with Gasteiger partial charge in [-0.25, -0.2) is 9.13 Å². The number of hydrogen-bond donors (Lipinski definition) is 3. The van der Waals surface area contributed by atoms with E-state index in [0.29, 0.717) is 25.7 Å². The number of unbranched alkanes of at least 4 members (excludes halogenated alkanes) is 44. The van der Waals surface area contributed by atoms with Gasteiger partial charge in [-0.05, 0) is 25.7 Å². The van der Waals surface area contributed by atoms with Crippen molar-refractivity contribution in [3.8, 4) is 0 Å². The lowest BCUT2D eigenvalue weighted by atomic mass is 10.0. The molecule has 0 aromatic heterocycles. The van der Waals surface area contributed by atoms with Gasteiger partial charge >= 0.3 is 39.5 Å². The molecule has 0 rings (SSSR count). The minimum atomic E-state index is -4.95. The molecule has 0 amide bonds. The number of rotatable bonds is 70. The molecule has 3 N–H and O–H groups in total. The highest BCUT2D eigenvalue weighted by Gasteiger charge is 2.30. The van der Waals surface area contributed by atoms with E-state index in [1.54, 1.807) is 0 Å². The average molecular weight is 1300 g/mol. The molecule has 0 saturated heterocycles. The second kappa shape index (κ2) is 63.8. The maximum atomic E-state index is 13.0. The summed E-state index contributed by atoms with van der Waals surface area (Å²) in [5.74, 6) is -2.14. The van der Waals surface area contributed by atoms with Crippen LogP contribution in [0.4, 0.5) is 0 Å². The fraction of sp³-hybridized carbons (Fsp3) is 0.942. The van der Waals surface area contributed by atoms with Crippen LogP contribution in [0.5, 0.6) is 0 Å². The second-order valence-electron chi connectivity index (χ2n) is 24.9. The van der Waals surface area contributed by atoms with E-state index in [0.717, 1.165) is 109 Å². The summed E-state index contributed by atoms with van der Waals surface area (Å²) < 4.78 is 67.9. The van der Waals surface area contributed by atoms with E-state index in [4.69, 9.17) is 37.0 Å². The topological polar surface area (TPSA) is 237 Å². The molecule has 0 bridgehead atoms. The van der Waals surface area contributed by atoms with Crippen molar-refractivity contribution in [1.82, 2.24) is 0 Å². The Morgan fingerprint density at radius 1 is 0.273 bits per heavy atom. The van der Waals surface area contributed by atoms with Crippen molar-refractivity contribution in [2.24, 2.45) is 0 Å². The van der Waals surface area contributed by atoms with Crippen LogP contribution >= 0.6 is 15.6 Å². The summed E-state index contributed by atoms with van der Waals surface area (Å²) >= 11 is 0. The molecule has 522 valence electrons. The van der Waals surface area contributed by atoms with Crippen LogP contribution in [0.15, 0.2) is 0 Å². The molecule has 5 atom stereocenters. The van der Waals surface area contributed by atoms with Crippen molar-refractivity contribution in [1.29, 1.82) is 0 Å². The van der Waals surface area contributed by atoms with E-state index in [-0.39, 0.29) is 25.7 Å². The molecule has 2 unspecified atom stereocenters. The monoisotopic (exact) mass is 1300 g/mol. The molecular weight excluding hydrogens is 1160 g/mol. The van der Waals surface area contributed by atoms with Crippen LogP contribution in [-0.4, -0.2) is 96.7 Å². The predicted octanol–water partition coefficient (Wildman–Crippen LogP) is 19.9. The Morgan fingerprint density at radius 2 is 0.455 bits per heavy atom. The first-order valence-electron chi connectivity index (χ1n) is 36.3. The van der Waals surface area contributed by atoms with Crippen molar-refractivity contribution in [3.63, 3.8) is 0 Å². The molecule has 0 aliphatic heterocycles. The third-order valence-electron chi connectivity index (χ3n) is 16.1. The third kappa shape index (κ3) is 62.8. The molecule has 17 nitrogen and oxygen atoms in total. The van der Waals surface area contributed by atoms with Crippen LogP contribution in [-0.2, 0) is 65.4 Å². The molecule has 0 aromatic carbocycles. The molecule has 0 aromatic rings. The number of phosphoric acid groups is 2. The first-order valence-corrected chi connectivity index (χ1v) is 39.3. The van der Waals surface area contributed by atoms with Crippen LogP contribution in [0.2, 0.25) is 0 Å². The first kappa shape index (κ1) is 86.1. The van der Waals surface area contributed by atoms with Gasteiger partial charge in [-0.3, -0.25) is 37.3 Å². The predicted molar refractivity (Wildman–Crippen MR) is 354 cm³/mol. The lowest BCUT2D eigenvalue weighted by molar-refractivity contribution is -0.161. The van der Waals surface area contributed by atoms with Gasteiger partial charge in [0.25, 0.3) is 0 Å². The summed E-state index contributed by atoms with van der Waals surface area (Å²) in [5, 5.41) is 10.5. The van der Waals surface area contributed by atoms with Crippen molar-refractivity contribution >= 4 is 39.5 Å². The SMILES string of the molecule is CCCCCCCCCCCCCCCCCCCCCCCC(=O)O[C@H](COC(=O)CCCCCCCCCCCCCCCCC)COP(=O)(O)OC[C@@H](O)COP(=O)(O)OC[C@@H](COC(=O)CCCCCCC)OC(=O)CCCCCCCCC. The average Bonchev–Trinajstić information content (AvgIpc) is 3.58. The minimum absolute atomic E-state index is 0.103. The standard InChI is InChI=1S/C69H134O17P2/c1-5-9-13-17-20-22-24-26-28-29-30-31-32-33-35-37-39-41-44-48-52-56-69(74)86-65(60-80-67(72)54-50-46-43-40-38-36-34-27-25-23-21-18-14-10-6-2)62-84-88(77,78)82-58-63(70)57-81-87(75,76)83-61-64(59-79-66(71)53-49-45-16-12-8-4)85-68(73)55-51-47-42-19-15-11-7-3/h63-65,70H,5-62H2,1-4H3,(H,75,76)(H,77,78)/t63-,64+,65+/m0/s1. The van der Waals surface area contributed by atoms with Gasteiger partial charge in [-0.15, -0.1) is 0 Å². The maximum Gasteiger partial charge on any atom is 0.472 e. The van der Waals surface area contributed by atoms with Crippen LogP contribution in [0.3, 0.4) is 0 Å². The molecular formula is C69H134O17P2. The smallest absolute Gasteiger partial charge is 0.462 e. The van der Waals surface area contributed by atoms with Crippen LogP contribution in [0.25, 0.3) is 0 Å². The fourth-order valence-corrected chi connectivity index (χ4v) is 12.1. The highest BCUT2D eigenvalue weighted by molar-refractivity contribution is 7.47. The van der Waals surface area contributed by atoms with Crippen LogP contribution in [0.1, 0.15) is 362 Å². The Bertz CT molecular complexity index is 1690. The van der Waals surface area contributed by atoms with E-state index in [1.165, 1.54) is 173 Å². The summed E-state index contributed by atoms with van der Waals surface area (Å²) in [5.41, 5.74) is 0. The summed E-state index contributed by atoms with van der Waals surface area (Å²) in [6.45, 7) is 4.80. The molecule has 0 heterocycles. The maximum absolute atomic E-state index is 13.0. The zero-order valence-corrected chi connectivity index (χ0v) is 58.5. The molecule has 0 aliphatic carbocycles. The normalized spacial score (nSPS) is 14.0. The molecule has 19 heteroatoms. The Balaban J connectivity index is 5.07. The fourth-order valence-electron chi connectivity index (χ4n) is 10.5. The second-order valence-corrected chi connectivity index (χ2v) is 27.8. The lowest BCUT2D eigenvalue weighted by Crippen LogP contribution is -2.30. The first-order chi connectivity index (χ1) is 42.7. The van der Waals surface area contributed by atoms with Gasteiger partial charge in [0, 0.05) is 25.7 Å². The van der Waals surface area contributed by atoms with Gasteiger partial charge in [0.1, 0.15) is 19.3 Å². The van der Waals surface area contributed by atoms with E-state index in [2.05, 4.69) is 27.7 Å². The summed E-state index contributed by atoms with van der Waals surface area (Å²) in [6, 6.07) is 0. The van der Waals surface area contributed by atoms with E-state index in [9.17, 15) is 43.2 Å². The van der Waals surface area contributed by atoms with Gasteiger partial charge in [-0.1, -0.05) is 310 Å². The largest absolute Gasteiger partial charge is 0.472 e. The molecule has 0 radical (unpaired) electrons. The van der Waals surface area contributed by atoms with E-state index in [1.807, 2.05) is 0 Å². The summed E-state index contributed by atoms with van der Waals surface area (Å²) in [7, 11) is -9.88. The quantitative estimate of drug-likeness (QED) is 0.0222. The van der Waals surface area contributed by atoms with E-state index >= 15 is 0 Å². The summed E-state index contributed by atoms with van der Waals surface area (Å²) in [4.78, 5) is 72.0. The number of carbonyl (C=O) groups is 4. The molecule has 88 heavy (non-hydrogen) atoms. The number of aliphatic hydroxyl groups excluding tert-OH is 1. The lowest BCUT2D eigenvalue weighted by Gasteiger charge is -2.21. The minimum Gasteiger partial charge on any atom is -0.462 e. The third-order valence-corrected chi connectivity index (χ3v) is 18.0. The van der Waals surface area contributed by atoms with Gasteiger partial charge < -0.3 is 33.8 Å². The Labute approximate surface area is 537 Å². The Kier molecular flexibility index (Phi) is 62.4. The highest BCUT2D eigenvalue weighted by atomic mass is 31.2. The van der Waals surface area contributed by atoms with Crippen molar-refractivity contribution in [2.45, 2.75) is 380 Å². The highest BCUT2D eigenvalue weighted by Crippen LogP contribution is 2.45. The van der Waals surface area contributed by atoms with Crippen molar-refractivity contribution in [3.05, 3.63) is 0 Å². The Hall–Kier alpha value is -1.94. The van der Waals surface area contributed by atoms with E-state index < -0.39 is 97.5 Å². The number of aliphatic hydroxyl groups is 1. The van der Waals surface area contributed by atoms with Gasteiger partial charge in [0.15, 0.2) is 12.2 Å². The number of hydrogen-bond acceptors (Lipinski definition) is 15. The molecule has 0 spiro atoms. The van der Waals surface area contributed by atoms with Crippen molar-refractivity contribution in [2.75, 3.05) is 39.6 Å². The zero-order chi connectivity index (χ0) is 64.7. The molecule has 0 saturated carbocycles. The van der Waals surface area contributed by atoms with Crippen LogP contribution < -0.4 is 0 Å². The van der Waals surface area contributed by atoms with Gasteiger partial charge in [-0.2, -0.15) is 0 Å².